The molecule has 24 heavy (non-hydrogen) atoms. The van der Waals surface area contributed by atoms with Gasteiger partial charge in [-0.25, -0.2) is 8.42 Å². The maximum atomic E-state index is 12.9. The van der Waals surface area contributed by atoms with Gasteiger partial charge >= 0.3 is 0 Å². The summed E-state index contributed by atoms with van der Waals surface area (Å²) in [4.78, 5) is 17.0. The van der Waals surface area contributed by atoms with Crippen LogP contribution in [0.5, 0.6) is 0 Å². The van der Waals surface area contributed by atoms with Gasteiger partial charge in [-0.1, -0.05) is 30.3 Å². The predicted octanol–water partition coefficient (Wildman–Crippen LogP) is 1.54. The maximum Gasteiger partial charge on any atom is 0.227 e. The van der Waals surface area contributed by atoms with Gasteiger partial charge in [0.05, 0.1) is 17.4 Å². The summed E-state index contributed by atoms with van der Waals surface area (Å²) in [6.45, 7) is 5.10. The number of amides is 1. The van der Waals surface area contributed by atoms with Crippen molar-refractivity contribution in [3.63, 3.8) is 0 Å². The lowest BCUT2D eigenvalue weighted by molar-refractivity contribution is -0.136. The minimum Gasteiger partial charge on any atom is -0.339 e. The minimum absolute atomic E-state index is 0.00281. The normalized spacial score (nSPS) is 26.5. The molecule has 0 aromatic heterocycles. The fourth-order valence-corrected chi connectivity index (χ4v) is 5.60. The number of carbonyl (C=O) groups excluding carboxylic acids is 1. The maximum absolute atomic E-state index is 12.9. The first-order chi connectivity index (χ1) is 11.5. The molecule has 0 spiro atoms. The summed E-state index contributed by atoms with van der Waals surface area (Å²) in [6, 6.07) is 10.2. The van der Waals surface area contributed by atoms with Crippen molar-refractivity contribution in [3.8, 4) is 0 Å². The zero-order chi connectivity index (χ0) is 17.2. The fourth-order valence-electron chi connectivity index (χ4n) is 3.87. The molecule has 1 aromatic carbocycles. The van der Waals surface area contributed by atoms with Crippen molar-refractivity contribution in [2.45, 2.75) is 32.4 Å². The van der Waals surface area contributed by atoms with Crippen molar-refractivity contribution < 1.29 is 13.2 Å². The summed E-state index contributed by atoms with van der Waals surface area (Å²) >= 11 is 0. The SMILES string of the molecule is CCN(C(=O)C1CCN(Cc2ccccc2)C1)C1CCS(=O)(=O)C1. The zero-order valence-electron chi connectivity index (χ0n) is 14.2. The van der Waals surface area contributed by atoms with Crippen LogP contribution in [0.25, 0.3) is 0 Å². The van der Waals surface area contributed by atoms with Crippen LogP contribution in [0.3, 0.4) is 0 Å². The van der Waals surface area contributed by atoms with Gasteiger partial charge < -0.3 is 4.90 Å². The molecule has 6 heteroatoms. The molecule has 0 aliphatic carbocycles. The molecule has 0 saturated carbocycles. The van der Waals surface area contributed by atoms with Gasteiger partial charge in [0.2, 0.25) is 5.91 Å². The topological polar surface area (TPSA) is 57.7 Å². The molecule has 2 fully saturated rings. The van der Waals surface area contributed by atoms with Gasteiger partial charge in [0, 0.05) is 25.7 Å². The number of nitrogens with zero attached hydrogens (tertiary/aromatic N) is 2. The Morgan fingerprint density at radius 1 is 1.25 bits per heavy atom. The van der Waals surface area contributed by atoms with Gasteiger partial charge in [-0.15, -0.1) is 0 Å². The number of rotatable bonds is 5. The van der Waals surface area contributed by atoms with Crippen molar-refractivity contribution in [2.75, 3.05) is 31.1 Å². The number of hydrogen-bond donors (Lipinski definition) is 0. The molecular formula is C18H26N2O3S. The standard InChI is InChI=1S/C18H26N2O3S/c1-2-20(17-9-11-24(22,23)14-17)18(21)16-8-10-19(13-16)12-15-6-4-3-5-7-15/h3-7,16-17H,2,8-14H2,1H3. The molecule has 2 aliphatic rings. The Morgan fingerprint density at radius 3 is 2.62 bits per heavy atom. The van der Waals surface area contributed by atoms with Crippen LogP contribution in [-0.4, -0.2) is 61.3 Å². The Balaban J connectivity index is 1.59. The molecule has 0 bridgehead atoms. The monoisotopic (exact) mass is 350 g/mol. The summed E-state index contributed by atoms with van der Waals surface area (Å²) in [6.07, 6.45) is 1.45. The highest BCUT2D eigenvalue weighted by molar-refractivity contribution is 7.91. The molecular weight excluding hydrogens is 324 g/mol. The Hall–Kier alpha value is -1.40. The largest absolute Gasteiger partial charge is 0.339 e. The van der Waals surface area contributed by atoms with Gasteiger partial charge in [-0.3, -0.25) is 9.69 Å². The number of benzene rings is 1. The highest BCUT2D eigenvalue weighted by Gasteiger charge is 2.38. The van der Waals surface area contributed by atoms with Gasteiger partial charge in [-0.05, 0) is 31.9 Å². The Labute approximate surface area is 144 Å². The first kappa shape index (κ1) is 17.4. The molecule has 2 unspecified atom stereocenters. The second-order valence-corrected chi connectivity index (χ2v) is 9.12. The molecule has 132 valence electrons. The fraction of sp³-hybridized carbons (Fsp3) is 0.611. The van der Waals surface area contributed by atoms with Crippen molar-refractivity contribution >= 4 is 15.7 Å². The summed E-state index contributed by atoms with van der Waals surface area (Å²) in [5.74, 6) is 0.478. The molecule has 2 heterocycles. The second kappa shape index (κ2) is 7.23. The molecule has 0 N–H and O–H groups in total. The van der Waals surface area contributed by atoms with Gasteiger partial charge in [0.15, 0.2) is 9.84 Å². The van der Waals surface area contributed by atoms with Crippen LogP contribution in [0.15, 0.2) is 30.3 Å². The second-order valence-electron chi connectivity index (χ2n) is 6.89. The molecule has 2 saturated heterocycles. The van der Waals surface area contributed by atoms with Crippen LogP contribution < -0.4 is 0 Å². The lowest BCUT2D eigenvalue weighted by Gasteiger charge is -2.29. The quantitative estimate of drug-likeness (QED) is 0.808. The average molecular weight is 350 g/mol. The van der Waals surface area contributed by atoms with Crippen LogP contribution in [0.4, 0.5) is 0 Å². The van der Waals surface area contributed by atoms with Crippen molar-refractivity contribution in [1.82, 2.24) is 9.80 Å². The highest BCUT2D eigenvalue weighted by Crippen LogP contribution is 2.25. The zero-order valence-corrected chi connectivity index (χ0v) is 15.0. The summed E-state index contributed by atoms with van der Waals surface area (Å²) in [5.41, 5.74) is 1.26. The smallest absolute Gasteiger partial charge is 0.227 e. The third-order valence-corrected chi connectivity index (χ3v) is 6.89. The minimum atomic E-state index is -2.96. The molecule has 3 rings (SSSR count). The predicted molar refractivity (Wildman–Crippen MR) is 94.3 cm³/mol. The molecule has 2 atom stereocenters. The van der Waals surface area contributed by atoms with E-state index in [2.05, 4.69) is 17.0 Å². The van der Waals surface area contributed by atoms with Crippen LogP contribution in [0.1, 0.15) is 25.3 Å². The van der Waals surface area contributed by atoms with Crippen molar-refractivity contribution in [1.29, 1.82) is 0 Å². The molecule has 1 amide bonds. The van der Waals surface area contributed by atoms with Crippen LogP contribution in [0.2, 0.25) is 0 Å². The van der Waals surface area contributed by atoms with Crippen LogP contribution >= 0.6 is 0 Å². The van der Waals surface area contributed by atoms with Crippen LogP contribution in [-0.2, 0) is 21.2 Å². The number of hydrogen-bond acceptors (Lipinski definition) is 4. The molecule has 2 aliphatic heterocycles. The number of likely N-dealkylation sites (tertiary alicyclic amines) is 1. The molecule has 5 nitrogen and oxygen atoms in total. The summed E-state index contributed by atoms with van der Waals surface area (Å²) in [7, 11) is -2.96. The van der Waals surface area contributed by atoms with E-state index in [0.29, 0.717) is 13.0 Å². The Morgan fingerprint density at radius 2 is 2.00 bits per heavy atom. The summed E-state index contributed by atoms with van der Waals surface area (Å²) in [5, 5.41) is 0. The van der Waals surface area contributed by atoms with Crippen LogP contribution in [0, 0.1) is 5.92 Å². The summed E-state index contributed by atoms with van der Waals surface area (Å²) < 4.78 is 23.4. The van der Waals surface area contributed by atoms with E-state index in [0.717, 1.165) is 26.1 Å². The first-order valence-electron chi connectivity index (χ1n) is 8.75. The lowest BCUT2D eigenvalue weighted by atomic mass is 10.1. The lowest BCUT2D eigenvalue weighted by Crippen LogP contribution is -2.44. The van der Waals surface area contributed by atoms with E-state index in [-0.39, 0.29) is 29.4 Å². The highest BCUT2D eigenvalue weighted by atomic mass is 32.2. The van der Waals surface area contributed by atoms with Crippen molar-refractivity contribution in [3.05, 3.63) is 35.9 Å². The van der Waals surface area contributed by atoms with Gasteiger partial charge in [0.1, 0.15) is 0 Å². The van der Waals surface area contributed by atoms with Crippen molar-refractivity contribution in [2.24, 2.45) is 5.92 Å². The molecule has 1 aromatic rings. The number of carbonyl (C=O) groups is 1. The van der Waals surface area contributed by atoms with E-state index >= 15 is 0 Å². The third kappa shape index (κ3) is 3.98. The van der Waals surface area contributed by atoms with E-state index in [4.69, 9.17) is 0 Å². The van der Waals surface area contributed by atoms with E-state index in [1.54, 1.807) is 4.90 Å². The first-order valence-corrected chi connectivity index (χ1v) is 10.6. The molecule has 0 radical (unpaired) electrons. The average Bonchev–Trinajstić information content (AvgIpc) is 3.16. The van der Waals surface area contributed by atoms with E-state index in [9.17, 15) is 13.2 Å². The van der Waals surface area contributed by atoms with E-state index < -0.39 is 9.84 Å². The van der Waals surface area contributed by atoms with E-state index in [1.165, 1.54) is 5.56 Å². The third-order valence-electron chi connectivity index (χ3n) is 5.14. The van der Waals surface area contributed by atoms with Gasteiger partial charge in [0.25, 0.3) is 0 Å². The Bertz CT molecular complexity index is 675. The Kier molecular flexibility index (Phi) is 5.25. The van der Waals surface area contributed by atoms with E-state index in [1.807, 2.05) is 25.1 Å². The number of sulfone groups is 1. The van der Waals surface area contributed by atoms with Gasteiger partial charge in [-0.2, -0.15) is 0 Å².